The molecule has 0 aliphatic carbocycles. The van der Waals surface area contributed by atoms with Gasteiger partial charge in [-0.05, 0) is 38.7 Å². The number of hydrogen-bond acceptors (Lipinski definition) is 4. The van der Waals surface area contributed by atoms with Gasteiger partial charge >= 0.3 is 0 Å². The zero-order valence-corrected chi connectivity index (χ0v) is 13.7. The molecule has 0 amide bonds. The number of hydrogen-bond donors (Lipinski definition) is 1. The van der Waals surface area contributed by atoms with E-state index in [1.54, 1.807) is 0 Å². The lowest BCUT2D eigenvalue weighted by atomic mass is 10.3. The third-order valence-corrected chi connectivity index (χ3v) is 5.10. The molecule has 0 aliphatic rings. The molecular weight excluding hydrogens is 298 g/mol. The van der Waals surface area contributed by atoms with E-state index in [4.69, 9.17) is 17.3 Å². The van der Waals surface area contributed by atoms with Crippen LogP contribution in [0.15, 0.2) is 23.1 Å². The lowest BCUT2D eigenvalue weighted by Gasteiger charge is -2.23. The Bertz CT molecular complexity index is 547. The smallest absolute Gasteiger partial charge is 0.243 e. The Morgan fingerprint density at radius 2 is 1.85 bits per heavy atom. The molecule has 7 heteroatoms. The molecule has 0 spiro atoms. The van der Waals surface area contributed by atoms with Gasteiger partial charge in [0, 0.05) is 19.6 Å². The van der Waals surface area contributed by atoms with Crippen molar-refractivity contribution in [3.63, 3.8) is 0 Å². The van der Waals surface area contributed by atoms with Gasteiger partial charge in [0.1, 0.15) is 0 Å². The molecule has 1 aromatic carbocycles. The van der Waals surface area contributed by atoms with Gasteiger partial charge in [0.15, 0.2) is 0 Å². The van der Waals surface area contributed by atoms with Crippen LogP contribution < -0.4 is 5.73 Å². The molecule has 0 atom stereocenters. The van der Waals surface area contributed by atoms with Crippen LogP contribution in [-0.2, 0) is 10.0 Å². The number of nitrogens with zero attached hydrogens (tertiary/aromatic N) is 2. The van der Waals surface area contributed by atoms with E-state index in [0.717, 1.165) is 6.42 Å². The second kappa shape index (κ2) is 7.26. The van der Waals surface area contributed by atoms with Gasteiger partial charge in [-0.25, -0.2) is 8.42 Å². The highest BCUT2D eigenvalue weighted by Gasteiger charge is 2.24. The maximum atomic E-state index is 12.6. The predicted molar refractivity (Wildman–Crippen MR) is 83.5 cm³/mol. The van der Waals surface area contributed by atoms with Crippen molar-refractivity contribution >= 4 is 27.3 Å². The maximum absolute atomic E-state index is 12.6. The van der Waals surface area contributed by atoms with Gasteiger partial charge in [0.2, 0.25) is 10.0 Å². The minimum absolute atomic E-state index is 0.184. The Hall–Kier alpha value is -0.820. The van der Waals surface area contributed by atoms with Gasteiger partial charge in [-0.3, -0.25) is 0 Å². The minimum Gasteiger partial charge on any atom is -0.398 e. The fourth-order valence-electron chi connectivity index (χ4n) is 1.73. The molecule has 1 rings (SSSR count). The number of rotatable bonds is 7. The lowest BCUT2D eigenvalue weighted by Crippen LogP contribution is -2.37. The summed E-state index contributed by atoms with van der Waals surface area (Å²) in [7, 11) is 0.296. The van der Waals surface area contributed by atoms with Crippen LogP contribution in [0.3, 0.4) is 0 Å². The molecule has 0 saturated carbocycles. The molecule has 0 aliphatic heterocycles. The lowest BCUT2D eigenvalue weighted by molar-refractivity contribution is 0.333. The van der Waals surface area contributed by atoms with Gasteiger partial charge in [0.05, 0.1) is 15.6 Å². The summed E-state index contributed by atoms with van der Waals surface area (Å²) in [4.78, 5) is 2.14. The topological polar surface area (TPSA) is 66.6 Å². The van der Waals surface area contributed by atoms with E-state index >= 15 is 0 Å². The first-order chi connectivity index (χ1) is 9.28. The van der Waals surface area contributed by atoms with Crippen molar-refractivity contribution in [2.24, 2.45) is 0 Å². The number of anilines is 1. The molecule has 0 saturated heterocycles. The van der Waals surface area contributed by atoms with Crippen LogP contribution in [0.2, 0.25) is 5.02 Å². The highest BCUT2D eigenvalue weighted by Crippen LogP contribution is 2.24. The number of sulfonamides is 1. The Kier molecular flexibility index (Phi) is 6.26. The van der Waals surface area contributed by atoms with Gasteiger partial charge in [0.25, 0.3) is 0 Å². The minimum atomic E-state index is -3.53. The first-order valence-electron chi connectivity index (χ1n) is 6.49. The van der Waals surface area contributed by atoms with E-state index in [0.29, 0.717) is 25.3 Å². The van der Waals surface area contributed by atoms with E-state index in [-0.39, 0.29) is 9.92 Å². The van der Waals surface area contributed by atoms with Gasteiger partial charge in [-0.15, -0.1) is 0 Å². The van der Waals surface area contributed by atoms with E-state index in [9.17, 15) is 8.42 Å². The number of likely N-dealkylation sites (N-methyl/N-ethyl adjacent to an activating group) is 1. The molecule has 0 heterocycles. The van der Waals surface area contributed by atoms with E-state index in [1.165, 1.54) is 22.5 Å². The van der Waals surface area contributed by atoms with Crippen molar-refractivity contribution in [1.29, 1.82) is 0 Å². The molecule has 2 N–H and O–H groups in total. The van der Waals surface area contributed by atoms with Crippen molar-refractivity contribution in [1.82, 2.24) is 9.21 Å². The molecule has 20 heavy (non-hydrogen) atoms. The average molecular weight is 320 g/mol. The number of nitrogen functional groups attached to an aromatic ring is 1. The van der Waals surface area contributed by atoms with Crippen LogP contribution in [0.4, 0.5) is 5.69 Å². The molecule has 0 radical (unpaired) electrons. The van der Waals surface area contributed by atoms with Gasteiger partial charge in [-0.2, -0.15) is 4.31 Å². The highest BCUT2D eigenvalue weighted by molar-refractivity contribution is 7.89. The highest BCUT2D eigenvalue weighted by atomic mass is 35.5. The predicted octanol–water partition coefficient (Wildman–Crippen LogP) is 1.88. The largest absolute Gasteiger partial charge is 0.398 e. The Labute approximate surface area is 126 Å². The van der Waals surface area contributed by atoms with Crippen molar-refractivity contribution in [2.45, 2.75) is 18.2 Å². The molecule has 0 bridgehead atoms. The maximum Gasteiger partial charge on any atom is 0.243 e. The zero-order chi connectivity index (χ0) is 15.3. The van der Waals surface area contributed by atoms with Crippen LogP contribution in [0.25, 0.3) is 0 Å². The van der Waals surface area contributed by atoms with Crippen LogP contribution in [-0.4, -0.2) is 51.4 Å². The third-order valence-electron chi connectivity index (χ3n) is 2.88. The summed E-state index contributed by atoms with van der Waals surface area (Å²) in [5.41, 5.74) is 5.99. The molecular formula is C13H22ClN3O2S. The van der Waals surface area contributed by atoms with Gasteiger partial charge < -0.3 is 10.6 Å². The number of nitrogens with two attached hydrogens (primary N) is 1. The van der Waals surface area contributed by atoms with Crippen LogP contribution in [0, 0.1) is 0 Å². The van der Waals surface area contributed by atoms with E-state index < -0.39 is 10.0 Å². The molecule has 5 nitrogen and oxygen atoms in total. The summed E-state index contributed by atoms with van der Waals surface area (Å²) in [5.74, 6) is 0. The summed E-state index contributed by atoms with van der Waals surface area (Å²) >= 11 is 5.91. The third kappa shape index (κ3) is 4.34. The quantitative estimate of drug-likeness (QED) is 0.779. The number of halogens is 1. The van der Waals surface area contributed by atoms with Crippen molar-refractivity contribution in [3.05, 3.63) is 23.2 Å². The zero-order valence-electron chi connectivity index (χ0n) is 12.1. The molecule has 0 unspecified atom stereocenters. The second-order valence-electron chi connectivity index (χ2n) is 4.89. The van der Waals surface area contributed by atoms with Crippen molar-refractivity contribution < 1.29 is 8.42 Å². The molecule has 0 fully saturated rings. The fourth-order valence-corrected chi connectivity index (χ4v) is 3.53. The van der Waals surface area contributed by atoms with Crippen LogP contribution in [0.1, 0.15) is 13.3 Å². The summed E-state index contributed by atoms with van der Waals surface area (Å²) < 4.78 is 26.7. The summed E-state index contributed by atoms with van der Waals surface area (Å²) in [6, 6.07) is 4.42. The normalized spacial score (nSPS) is 12.3. The molecule has 0 aromatic heterocycles. The van der Waals surface area contributed by atoms with Crippen LogP contribution in [0.5, 0.6) is 0 Å². The summed E-state index contributed by atoms with van der Waals surface area (Å²) in [6.45, 7) is 3.55. The monoisotopic (exact) mass is 319 g/mol. The van der Waals surface area contributed by atoms with Gasteiger partial charge in [-0.1, -0.05) is 18.5 Å². The first-order valence-corrected chi connectivity index (χ1v) is 8.30. The SMILES string of the molecule is CCCN(CCN(C)C)S(=O)(=O)c1ccc(N)c(Cl)c1. The first kappa shape index (κ1) is 17.2. The Morgan fingerprint density at radius 1 is 1.20 bits per heavy atom. The van der Waals surface area contributed by atoms with E-state index in [1.807, 2.05) is 25.9 Å². The molecule has 114 valence electrons. The van der Waals surface area contributed by atoms with E-state index in [2.05, 4.69) is 0 Å². The van der Waals surface area contributed by atoms with Crippen LogP contribution >= 0.6 is 11.6 Å². The van der Waals surface area contributed by atoms with Crippen molar-refractivity contribution in [2.75, 3.05) is 39.5 Å². The molecule has 1 aromatic rings. The Balaban J connectivity index is 3.05. The Morgan fingerprint density at radius 3 is 2.35 bits per heavy atom. The van der Waals surface area contributed by atoms with Crippen molar-refractivity contribution in [3.8, 4) is 0 Å². The average Bonchev–Trinajstić information content (AvgIpc) is 2.37. The summed E-state index contributed by atoms with van der Waals surface area (Å²) in [5, 5.41) is 0.259. The second-order valence-corrected chi connectivity index (χ2v) is 7.24. The fraction of sp³-hybridized carbons (Fsp3) is 0.538. The standard InChI is InChI=1S/C13H22ClN3O2S/c1-4-7-17(9-8-16(2)3)20(18,19)11-5-6-13(15)12(14)10-11/h5-6,10H,4,7-9,15H2,1-3H3. The number of benzene rings is 1. The summed E-state index contributed by atoms with van der Waals surface area (Å²) in [6.07, 6.45) is 0.759.